The van der Waals surface area contributed by atoms with Gasteiger partial charge in [-0.25, -0.2) is 18.1 Å². The van der Waals surface area contributed by atoms with Crippen molar-refractivity contribution < 1.29 is 17.9 Å². The van der Waals surface area contributed by atoms with E-state index in [9.17, 15) is 8.42 Å². The van der Waals surface area contributed by atoms with Gasteiger partial charge in [-0.2, -0.15) is 5.10 Å². The third kappa shape index (κ3) is 3.58. The highest BCUT2D eigenvalue weighted by molar-refractivity contribution is 7.92. The molecule has 0 aliphatic carbocycles. The zero-order chi connectivity index (χ0) is 18.7. The van der Waals surface area contributed by atoms with Crippen LogP contribution in [0.25, 0.3) is 5.69 Å². The molecule has 3 rings (SSSR count). The molecule has 8 nitrogen and oxygen atoms in total. The molecule has 136 valence electrons. The predicted molar refractivity (Wildman–Crippen MR) is 96.7 cm³/mol. The van der Waals surface area contributed by atoms with E-state index in [1.54, 1.807) is 18.2 Å². The molecule has 1 aromatic heterocycles. The van der Waals surface area contributed by atoms with Crippen molar-refractivity contribution in [3.8, 4) is 17.2 Å². The largest absolute Gasteiger partial charge is 0.497 e. The average molecular weight is 395 g/mol. The number of rotatable bonds is 6. The molecular weight excluding hydrogens is 380 g/mol. The lowest BCUT2D eigenvalue weighted by Gasteiger charge is -2.15. The first-order valence-corrected chi connectivity index (χ1v) is 9.20. The number of methoxy groups -OCH3 is 2. The summed E-state index contributed by atoms with van der Waals surface area (Å²) in [5, 5.41) is 4.39. The molecule has 0 fully saturated rings. The van der Waals surface area contributed by atoms with Crippen LogP contribution >= 0.6 is 11.6 Å². The molecule has 0 aliphatic rings. The van der Waals surface area contributed by atoms with Gasteiger partial charge in [-0.3, -0.25) is 4.72 Å². The van der Waals surface area contributed by atoms with E-state index in [1.165, 1.54) is 49.8 Å². The molecule has 0 radical (unpaired) electrons. The number of nitrogens with zero attached hydrogens (tertiary/aromatic N) is 3. The third-order valence-corrected chi connectivity index (χ3v) is 5.15. The monoisotopic (exact) mass is 394 g/mol. The first kappa shape index (κ1) is 18.0. The lowest BCUT2D eigenvalue weighted by atomic mass is 10.3. The van der Waals surface area contributed by atoms with Crippen molar-refractivity contribution in [1.29, 1.82) is 0 Å². The SMILES string of the molecule is COc1ccc(OC)c(S(=O)(=O)Nc2cc(Cl)ccc2-n2cncn2)c1. The van der Waals surface area contributed by atoms with E-state index < -0.39 is 10.0 Å². The molecule has 0 aliphatic heterocycles. The second-order valence-electron chi connectivity index (χ2n) is 5.12. The van der Waals surface area contributed by atoms with Crippen LogP contribution in [0.15, 0.2) is 53.9 Å². The molecule has 2 aromatic carbocycles. The molecule has 0 spiro atoms. The Balaban J connectivity index is 2.08. The number of hydrogen-bond acceptors (Lipinski definition) is 6. The van der Waals surface area contributed by atoms with Crippen molar-refractivity contribution in [2.24, 2.45) is 0 Å². The summed E-state index contributed by atoms with van der Waals surface area (Å²) in [6.07, 6.45) is 2.80. The summed E-state index contributed by atoms with van der Waals surface area (Å²) in [5.41, 5.74) is 0.713. The molecular formula is C16H15ClN4O4S. The lowest BCUT2D eigenvalue weighted by molar-refractivity contribution is 0.392. The highest BCUT2D eigenvalue weighted by Crippen LogP contribution is 2.32. The van der Waals surface area contributed by atoms with E-state index >= 15 is 0 Å². The van der Waals surface area contributed by atoms with Crippen LogP contribution in [0.1, 0.15) is 0 Å². The first-order chi connectivity index (χ1) is 12.4. The number of nitrogens with one attached hydrogen (secondary N) is 1. The standard InChI is InChI=1S/C16H15ClN4O4S/c1-24-12-4-6-15(25-2)16(8-12)26(22,23)20-13-7-11(17)3-5-14(13)21-10-18-9-19-21/h3-10,20H,1-2H3. The van der Waals surface area contributed by atoms with Crippen LogP contribution in [0.3, 0.4) is 0 Å². The molecule has 1 N–H and O–H groups in total. The van der Waals surface area contributed by atoms with Crippen LogP contribution in [0.5, 0.6) is 11.5 Å². The molecule has 10 heteroatoms. The van der Waals surface area contributed by atoms with Gasteiger partial charge < -0.3 is 9.47 Å². The Morgan fingerprint density at radius 3 is 2.58 bits per heavy atom. The Bertz CT molecular complexity index is 1020. The minimum atomic E-state index is -3.99. The quantitative estimate of drug-likeness (QED) is 0.690. The lowest BCUT2D eigenvalue weighted by Crippen LogP contribution is -2.16. The third-order valence-electron chi connectivity index (χ3n) is 3.53. The molecule has 1 heterocycles. The van der Waals surface area contributed by atoms with Gasteiger partial charge in [-0.15, -0.1) is 0 Å². The zero-order valence-corrected chi connectivity index (χ0v) is 15.5. The summed E-state index contributed by atoms with van der Waals surface area (Å²) >= 11 is 6.03. The number of anilines is 1. The van der Waals surface area contributed by atoms with Crippen molar-refractivity contribution in [3.63, 3.8) is 0 Å². The summed E-state index contributed by atoms with van der Waals surface area (Å²) in [6, 6.07) is 9.26. The molecule has 0 atom stereocenters. The fourth-order valence-corrected chi connectivity index (χ4v) is 3.74. The van der Waals surface area contributed by atoms with Gasteiger partial charge in [0.15, 0.2) is 0 Å². The van der Waals surface area contributed by atoms with Gasteiger partial charge in [-0.05, 0) is 30.3 Å². The molecule has 0 amide bonds. The maximum Gasteiger partial charge on any atom is 0.265 e. The van der Waals surface area contributed by atoms with Crippen LogP contribution in [0.2, 0.25) is 5.02 Å². The summed E-state index contributed by atoms with van der Waals surface area (Å²) in [5.74, 6) is 0.566. The normalized spacial score (nSPS) is 11.2. The van der Waals surface area contributed by atoms with Crippen molar-refractivity contribution in [2.75, 3.05) is 18.9 Å². The number of halogens is 1. The number of sulfonamides is 1. The van der Waals surface area contributed by atoms with Crippen LogP contribution in [0, 0.1) is 0 Å². The van der Waals surface area contributed by atoms with E-state index in [0.717, 1.165) is 0 Å². The highest BCUT2D eigenvalue weighted by Gasteiger charge is 2.22. The minimum absolute atomic E-state index is 0.0659. The number of benzene rings is 2. The van der Waals surface area contributed by atoms with E-state index in [0.29, 0.717) is 16.5 Å². The van der Waals surface area contributed by atoms with Crippen LogP contribution in [-0.2, 0) is 10.0 Å². The van der Waals surface area contributed by atoms with E-state index in [4.69, 9.17) is 21.1 Å². The van der Waals surface area contributed by atoms with Crippen molar-refractivity contribution in [3.05, 3.63) is 54.1 Å². The van der Waals surface area contributed by atoms with Gasteiger partial charge in [0.05, 0.1) is 25.6 Å². The fraction of sp³-hybridized carbons (Fsp3) is 0.125. The highest BCUT2D eigenvalue weighted by atomic mass is 35.5. The van der Waals surface area contributed by atoms with E-state index in [2.05, 4.69) is 14.8 Å². The van der Waals surface area contributed by atoms with Crippen LogP contribution in [0.4, 0.5) is 5.69 Å². The molecule has 0 unspecified atom stereocenters. The predicted octanol–water partition coefficient (Wildman–Crippen LogP) is 2.74. The van der Waals surface area contributed by atoms with E-state index in [1.807, 2.05) is 0 Å². The molecule has 0 bridgehead atoms. The summed E-state index contributed by atoms with van der Waals surface area (Å²) in [4.78, 5) is 3.81. The minimum Gasteiger partial charge on any atom is -0.497 e. The van der Waals surface area contributed by atoms with E-state index in [-0.39, 0.29) is 16.3 Å². The summed E-state index contributed by atoms with van der Waals surface area (Å²) in [6.45, 7) is 0. The number of ether oxygens (including phenoxy) is 2. The van der Waals surface area contributed by atoms with Crippen molar-refractivity contribution in [1.82, 2.24) is 14.8 Å². The number of aromatic nitrogens is 3. The average Bonchev–Trinajstić information content (AvgIpc) is 3.15. The van der Waals surface area contributed by atoms with Crippen molar-refractivity contribution in [2.45, 2.75) is 4.90 Å². The summed E-state index contributed by atoms with van der Waals surface area (Å²) in [7, 11) is -1.15. The molecule has 3 aromatic rings. The smallest absolute Gasteiger partial charge is 0.265 e. The number of hydrogen-bond donors (Lipinski definition) is 1. The van der Waals surface area contributed by atoms with Crippen LogP contribution in [-0.4, -0.2) is 37.4 Å². The maximum atomic E-state index is 12.9. The fourth-order valence-electron chi connectivity index (χ4n) is 2.32. The van der Waals surface area contributed by atoms with Crippen LogP contribution < -0.4 is 14.2 Å². The Morgan fingerprint density at radius 2 is 1.92 bits per heavy atom. The van der Waals surface area contributed by atoms with Gasteiger partial charge >= 0.3 is 0 Å². The Kier molecular flexibility index (Phi) is 5.01. The van der Waals surface area contributed by atoms with Gasteiger partial charge in [0, 0.05) is 11.1 Å². The Labute approximate surface area is 155 Å². The maximum absolute atomic E-state index is 12.9. The molecule has 26 heavy (non-hydrogen) atoms. The Morgan fingerprint density at radius 1 is 1.12 bits per heavy atom. The first-order valence-electron chi connectivity index (χ1n) is 7.34. The van der Waals surface area contributed by atoms with Gasteiger partial charge in [-0.1, -0.05) is 11.6 Å². The second kappa shape index (κ2) is 7.22. The van der Waals surface area contributed by atoms with Gasteiger partial charge in [0.2, 0.25) is 0 Å². The van der Waals surface area contributed by atoms with Crippen molar-refractivity contribution >= 4 is 27.3 Å². The topological polar surface area (TPSA) is 95.3 Å². The zero-order valence-electron chi connectivity index (χ0n) is 13.9. The second-order valence-corrected chi connectivity index (χ2v) is 7.21. The van der Waals surface area contributed by atoms with Gasteiger partial charge in [0.1, 0.15) is 29.0 Å². The molecule has 0 saturated heterocycles. The Hall–Kier alpha value is -2.78. The summed E-state index contributed by atoms with van der Waals surface area (Å²) < 4.78 is 40.1. The molecule has 0 saturated carbocycles. The van der Waals surface area contributed by atoms with Gasteiger partial charge in [0.25, 0.3) is 10.0 Å².